The molecule has 20 heavy (non-hydrogen) atoms. The molecule has 1 aromatic carbocycles. The molecule has 0 unspecified atom stereocenters. The molecule has 1 saturated heterocycles. The van der Waals surface area contributed by atoms with Gasteiger partial charge in [-0.05, 0) is 28.1 Å². The predicted octanol–water partition coefficient (Wildman–Crippen LogP) is 1.64. The van der Waals surface area contributed by atoms with Crippen molar-refractivity contribution in [1.29, 1.82) is 0 Å². The minimum absolute atomic E-state index is 0.163. The summed E-state index contributed by atoms with van der Waals surface area (Å²) in [5.41, 5.74) is 5.94. The molecular formula is C14H19BrN2O3. The van der Waals surface area contributed by atoms with E-state index in [1.165, 1.54) is 4.90 Å². The number of carbonyl (C=O) groups excluding carboxylic acids is 1. The fourth-order valence-corrected chi connectivity index (χ4v) is 2.78. The van der Waals surface area contributed by atoms with Crippen molar-refractivity contribution in [2.24, 2.45) is 0 Å². The first-order valence-electron chi connectivity index (χ1n) is 6.52. The second kappa shape index (κ2) is 6.11. The Kier molecular flexibility index (Phi) is 4.67. The number of hydrogen-bond acceptors (Lipinski definition) is 4. The molecule has 2 rings (SSSR count). The SMILES string of the molecule is CN(CC1(O)CCOCC1)C(=O)c1cccc(N)c1Br. The van der Waals surface area contributed by atoms with E-state index < -0.39 is 5.60 Å². The highest BCUT2D eigenvalue weighted by Gasteiger charge is 2.32. The average molecular weight is 343 g/mol. The normalized spacial score (nSPS) is 17.8. The number of hydrogen-bond donors (Lipinski definition) is 2. The van der Waals surface area contributed by atoms with Gasteiger partial charge in [0.1, 0.15) is 0 Å². The van der Waals surface area contributed by atoms with Crippen LogP contribution in [0.2, 0.25) is 0 Å². The Morgan fingerprint density at radius 1 is 1.50 bits per heavy atom. The molecule has 1 aromatic rings. The molecule has 110 valence electrons. The second-order valence-electron chi connectivity index (χ2n) is 5.21. The molecular weight excluding hydrogens is 324 g/mol. The van der Waals surface area contributed by atoms with Crippen molar-refractivity contribution in [2.45, 2.75) is 18.4 Å². The van der Waals surface area contributed by atoms with Crippen LogP contribution in [0, 0.1) is 0 Å². The Morgan fingerprint density at radius 2 is 2.15 bits per heavy atom. The monoisotopic (exact) mass is 342 g/mol. The lowest BCUT2D eigenvalue weighted by atomic mass is 9.93. The Bertz CT molecular complexity index is 501. The van der Waals surface area contributed by atoms with E-state index in [9.17, 15) is 9.90 Å². The minimum Gasteiger partial charge on any atom is -0.398 e. The molecule has 1 aliphatic rings. The summed E-state index contributed by atoms with van der Waals surface area (Å²) in [6.07, 6.45) is 1.09. The lowest BCUT2D eigenvalue weighted by Gasteiger charge is -2.35. The average Bonchev–Trinajstić information content (AvgIpc) is 2.41. The van der Waals surface area contributed by atoms with Crippen LogP contribution in [-0.2, 0) is 4.74 Å². The molecule has 0 saturated carbocycles. The van der Waals surface area contributed by atoms with Crippen molar-refractivity contribution in [2.75, 3.05) is 32.5 Å². The maximum atomic E-state index is 12.4. The topological polar surface area (TPSA) is 75.8 Å². The van der Waals surface area contributed by atoms with Crippen LogP contribution in [0.4, 0.5) is 5.69 Å². The Labute approximate surface area is 126 Å². The van der Waals surface area contributed by atoms with Gasteiger partial charge in [0.2, 0.25) is 0 Å². The molecule has 1 aliphatic heterocycles. The predicted molar refractivity (Wildman–Crippen MR) is 80.5 cm³/mol. The van der Waals surface area contributed by atoms with Gasteiger partial charge in [0.05, 0.1) is 15.6 Å². The number of rotatable bonds is 3. The van der Waals surface area contributed by atoms with Gasteiger partial charge >= 0.3 is 0 Å². The van der Waals surface area contributed by atoms with Crippen LogP contribution in [0.5, 0.6) is 0 Å². The van der Waals surface area contributed by atoms with E-state index in [-0.39, 0.29) is 12.5 Å². The van der Waals surface area contributed by atoms with Crippen LogP contribution < -0.4 is 5.73 Å². The van der Waals surface area contributed by atoms with Crippen molar-refractivity contribution in [3.8, 4) is 0 Å². The van der Waals surface area contributed by atoms with Gasteiger partial charge in [0, 0.05) is 45.3 Å². The van der Waals surface area contributed by atoms with E-state index in [0.717, 1.165) is 0 Å². The smallest absolute Gasteiger partial charge is 0.254 e. The number of nitrogens with two attached hydrogens (primary N) is 1. The summed E-state index contributed by atoms with van der Waals surface area (Å²) in [5.74, 6) is -0.163. The minimum atomic E-state index is -0.866. The van der Waals surface area contributed by atoms with E-state index in [4.69, 9.17) is 10.5 Å². The first kappa shape index (κ1) is 15.3. The quantitative estimate of drug-likeness (QED) is 0.819. The van der Waals surface area contributed by atoms with Gasteiger partial charge in [0.15, 0.2) is 0 Å². The summed E-state index contributed by atoms with van der Waals surface area (Å²) < 4.78 is 5.83. The highest BCUT2D eigenvalue weighted by atomic mass is 79.9. The van der Waals surface area contributed by atoms with Crippen molar-refractivity contribution >= 4 is 27.5 Å². The lowest BCUT2D eigenvalue weighted by Crippen LogP contribution is -2.47. The molecule has 3 N–H and O–H groups in total. The first-order valence-corrected chi connectivity index (χ1v) is 7.32. The molecule has 0 radical (unpaired) electrons. The number of carbonyl (C=O) groups is 1. The Morgan fingerprint density at radius 3 is 2.80 bits per heavy atom. The van der Waals surface area contributed by atoms with Crippen molar-refractivity contribution in [1.82, 2.24) is 4.90 Å². The van der Waals surface area contributed by atoms with E-state index in [1.54, 1.807) is 25.2 Å². The molecule has 0 spiro atoms. The van der Waals surface area contributed by atoms with E-state index in [0.29, 0.717) is 41.8 Å². The molecule has 0 aromatic heterocycles. The number of ether oxygens (including phenoxy) is 1. The zero-order valence-corrected chi connectivity index (χ0v) is 13.0. The molecule has 5 nitrogen and oxygen atoms in total. The van der Waals surface area contributed by atoms with Gasteiger partial charge in [-0.25, -0.2) is 0 Å². The largest absolute Gasteiger partial charge is 0.398 e. The number of anilines is 1. The summed E-state index contributed by atoms with van der Waals surface area (Å²) >= 11 is 3.33. The molecule has 6 heteroatoms. The van der Waals surface area contributed by atoms with Crippen molar-refractivity contribution in [3.05, 3.63) is 28.2 Å². The van der Waals surface area contributed by atoms with Crippen LogP contribution in [-0.4, -0.2) is 48.3 Å². The van der Waals surface area contributed by atoms with Crippen LogP contribution in [0.3, 0.4) is 0 Å². The van der Waals surface area contributed by atoms with Gasteiger partial charge in [-0.15, -0.1) is 0 Å². The summed E-state index contributed by atoms with van der Waals surface area (Å²) in [6.45, 7) is 1.34. The number of amides is 1. The zero-order valence-electron chi connectivity index (χ0n) is 11.4. The molecule has 0 bridgehead atoms. The fraction of sp³-hybridized carbons (Fsp3) is 0.500. The maximum absolute atomic E-state index is 12.4. The number of aliphatic hydroxyl groups is 1. The van der Waals surface area contributed by atoms with Gasteiger partial charge in [0.25, 0.3) is 5.91 Å². The number of likely N-dealkylation sites (N-methyl/N-ethyl adjacent to an activating group) is 1. The summed E-state index contributed by atoms with van der Waals surface area (Å²) in [7, 11) is 1.69. The zero-order chi connectivity index (χ0) is 14.8. The fourth-order valence-electron chi connectivity index (χ4n) is 2.34. The van der Waals surface area contributed by atoms with Crippen molar-refractivity contribution in [3.63, 3.8) is 0 Å². The third-order valence-electron chi connectivity index (χ3n) is 3.56. The standard InChI is InChI=1S/C14H19BrN2O3/c1-17(9-14(19)5-7-20-8-6-14)13(18)10-3-2-4-11(16)12(10)15/h2-4,19H,5-9,16H2,1H3. The molecule has 0 aliphatic carbocycles. The summed E-state index contributed by atoms with van der Waals surface area (Å²) in [6, 6.07) is 5.19. The Hall–Kier alpha value is -1.11. The number of nitrogens with zero attached hydrogens (tertiary/aromatic N) is 1. The van der Waals surface area contributed by atoms with Crippen LogP contribution >= 0.6 is 15.9 Å². The van der Waals surface area contributed by atoms with E-state index >= 15 is 0 Å². The van der Waals surface area contributed by atoms with Gasteiger partial charge in [-0.1, -0.05) is 6.07 Å². The maximum Gasteiger partial charge on any atom is 0.254 e. The van der Waals surface area contributed by atoms with E-state index in [1.807, 2.05) is 0 Å². The lowest BCUT2D eigenvalue weighted by molar-refractivity contribution is -0.0734. The third kappa shape index (κ3) is 3.31. The molecule has 1 amide bonds. The first-order chi connectivity index (χ1) is 9.43. The number of halogens is 1. The molecule has 0 atom stereocenters. The Balaban J connectivity index is 2.10. The molecule has 1 fully saturated rings. The van der Waals surface area contributed by atoms with Gasteiger partial charge < -0.3 is 20.5 Å². The van der Waals surface area contributed by atoms with Crippen LogP contribution in [0.15, 0.2) is 22.7 Å². The number of benzene rings is 1. The second-order valence-corrected chi connectivity index (χ2v) is 6.00. The highest BCUT2D eigenvalue weighted by Crippen LogP contribution is 2.26. The van der Waals surface area contributed by atoms with Crippen LogP contribution in [0.1, 0.15) is 23.2 Å². The molecule has 1 heterocycles. The third-order valence-corrected chi connectivity index (χ3v) is 4.45. The van der Waals surface area contributed by atoms with Crippen molar-refractivity contribution < 1.29 is 14.6 Å². The van der Waals surface area contributed by atoms with Gasteiger partial charge in [-0.2, -0.15) is 0 Å². The number of nitrogen functional groups attached to an aromatic ring is 1. The summed E-state index contributed by atoms with van der Waals surface area (Å²) in [5, 5.41) is 10.5. The van der Waals surface area contributed by atoms with E-state index in [2.05, 4.69) is 15.9 Å². The van der Waals surface area contributed by atoms with Gasteiger partial charge in [-0.3, -0.25) is 4.79 Å². The van der Waals surface area contributed by atoms with Crippen LogP contribution in [0.25, 0.3) is 0 Å². The summed E-state index contributed by atoms with van der Waals surface area (Å²) in [4.78, 5) is 14.0. The highest BCUT2D eigenvalue weighted by molar-refractivity contribution is 9.10.